The number of aromatic nitrogens is 2. The molecule has 23 heavy (non-hydrogen) atoms. The summed E-state index contributed by atoms with van der Waals surface area (Å²) in [6.45, 7) is 3.30. The minimum absolute atomic E-state index is 0.356. The Balaban J connectivity index is 2.00. The van der Waals surface area contributed by atoms with Gasteiger partial charge in [-0.2, -0.15) is 0 Å². The number of nitrogens with zero attached hydrogens (tertiary/aromatic N) is 1. The molecule has 122 valence electrons. The highest BCUT2D eigenvalue weighted by atomic mass is 16.5. The van der Waals surface area contributed by atoms with Crippen molar-refractivity contribution in [1.82, 2.24) is 14.9 Å². The van der Waals surface area contributed by atoms with Crippen molar-refractivity contribution in [3.8, 4) is 17.0 Å². The maximum absolute atomic E-state index is 12.3. The number of benzene rings is 1. The fourth-order valence-electron chi connectivity index (χ4n) is 2.65. The van der Waals surface area contributed by atoms with E-state index in [4.69, 9.17) is 9.47 Å². The molecule has 0 bridgehead atoms. The van der Waals surface area contributed by atoms with Crippen molar-refractivity contribution in [2.45, 2.75) is 6.54 Å². The van der Waals surface area contributed by atoms with E-state index in [0.29, 0.717) is 31.0 Å². The van der Waals surface area contributed by atoms with Crippen LogP contribution in [0.3, 0.4) is 0 Å². The fraction of sp³-hybridized carbons (Fsp3) is 0.375. The molecule has 1 aromatic heterocycles. The minimum atomic E-state index is -0.508. The van der Waals surface area contributed by atoms with Crippen LogP contribution in [0, 0.1) is 0 Å². The lowest BCUT2D eigenvalue weighted by molar-refractivity contribution is 0.0340. The summed E-state index contributed by atoms with van der Waals surface area (Å²) >= 11 is 0. The Hall–Kier alpha value is -2.38. The van der Waals surface area contributed by atoms with Crippen molar-refractivity contribution in [2.75, 3.05) is 33.4 Å². The summed E-state index contributed by atoms with van der Waals surface area (Å²) in [5.74, 6) is 0.718. The van der Waals surface area contributed by atoms with Gasteiger partial charge in [-0.15, -0.1) is 0 Å². The zero-order valence-electron chi connectivity index (χ0n) is 12.9. The summed E-state index contributed by atoms with van der Waals surface area (Å²) in [6, 6.07) is 7.25. The topological polar surface area (TPSA) is 87.4 Å². The lowest BCUT2D eigenvalue weighted by Gasteiger charge is -2.26. The number of hydrogen-bond acceptors (Lipinski definition) is 5. The van der Waals surface area contributed by atoms with Gasteiger partial charge >= 0.3 is 5.69 Å². The number of rotatable bonds is 4. The molecule has 3 rings (SSSR count). The molecule has 2 aromatic rings. The van der Waals surface area contributed by atoms with Crippen LogP contribution in [-0.4, -0.2) is 48.3 Å². The SMILES string of the molecule is COc1ccc(-c2[nH]c(=O)[nH]c(=O)c2CN2CCOCC2)cc1. The summed E-state index contributed by atoms with van der Waals surface area (Å²) in [5.41, 5.74) is 1.01. The van der Waals surface area contributed by atoms with Crippen LogP contribution < -0.4 is 16.0 Å². The third-order valence-electron chi connectivity index (χ3n) is 3.91. The number of H-pyrrole nitrogens is 2. The molecule has 0 saturated carbocycles. The molecule has 1 fully saturated rings. The number of morpholine rings is 1. The van der Waals surface area contributed by atoms with Gasteiger partial charge in [-0.1, -0.05) is 0 Å². The molecule has 2 heterocycles. The molecule has 7 heteroatoms. The van der Waals surface area contributed by atoms with Crippen LogP contribution in [0.1, 0.15) is 5.56 Å². The maximum Gasteiger partial charge on any atom is 0.326 e. The summed E-state index contributed by atoms with van der Waals surface area (Å²) in [7, 11) is 1.59. The largest absolute Gasteiger partial charge is 0.497 e. The molecule has 0 aliphatic carbocycles. The molecule has 1 saturated heterocycles. The van der Waals surface area contributed by atoms with Gasteiger partial charge in [0.1, 0.15) is 5.75 Å². The smallest absolute Gasteiger partial charge is 0.326 e. The number of nitrogens with one attached hydrogen (secondary N) is 2. The highest BCUT2D eigenvalue weighted by Gasteiger charge is 2.17. The molecule has 1 aliphatic heterocycles. The van der Waals surface area contributed by atoms with E-state index in [1.54, 1.807) is 19.2 Å². The quantitative estimate of drug-likeness (QED) is 0.861. The predicted molar refractivity (Wildman–Crippen MR) is 85.8 cm³/mol. The van der Waals surface area contributed by atoms with Crippen LogP contribution in [0.5, 0.6) is 5.75 Å². The Labute approximate surface area is 132 Å². The molecular formula is C16H19N3O4. The number of aromatic amines is 2. The molecule has 0 unspecified atom stereocenters. The molecule has 1 aliphatic rings. The Morgan fingerprint density at radius 1 is 1.13 bits per heavy atom. The molecule has 0 spiro atoms. The number of methoxy groups -OCH3 is 1. The molecular weight excluding hydrogens is 298 g/mol. The number of hydrogen-bond donors (Lipinski definition) is 2. The van der Waals surface area contributed by atoms with Crippen LogP contribution >= 0.6 is 0 Å². The average molecular weight is 317 g/mol. The van der Waals surface area contributed by atoms with Gasteiger partial charge in [-0.25, -0.2) is 4.79 Å². The van der Waals surface area contributed by atoms with E-state index in [2.05, 4.69) is 14.9 Å². The van der Waals surface area contributed by atoms with Gasteiger partial charge in [0.25, 0.3) is 5.56 Å². The van der Waals surface area contributed by atoms with Crippen molar-refractivity contribution in [2.24, 2.45) is 0 Å². The Morgan fingerprint density at radius 2 is 1.83 bits per heavy atom. The van der Waals surface area contributed by atoms with Crippen LogP contribution in [-0.2, 0) is 11.3 Å². The van der Waals surface area contributed by atoms with Gasteiger partial charge in [0, 0.05) is 19.6 Å². The summed E-state index contributed by atoms with van der Waals surface area (Å²) in [5, 5.41) is 0. The molecule has 0 radical (unpaired) electrons. The zero-order chi connectivity index (χ0) is 16.2. The number of ether oxygens (including phenoxy) is 2. The monoisotopic (exact) mass is 317 g/mol. The first kappa shape index (κ1) is 15.5. The molecule has 1 aromatic carbocycles. The van der Waals surface area contributed by atoms with Crippen LogP contribution in [0.2, 0.25) is 0 Å². The van der Waals surface area contributed by atoms with Crippen molar-refractivity contribution in [3.63, 3.8) is 0 Å². The van der Waals surface area contributed by atoms with Crippen LogP contribution in [0.25, 0.3) is 11.3 Å². The van der Waals surface area contributed by atoms with Gasteiger partial charge in [0.2, 0.25) is 0 Å². The lowest BCUT2D eigenvalue weighted by Crippen LogP contribution is -2.38. The van der Waals surface area contributed by atoms with Crippen LogP contribution in [0.15, 0.2) is 33.9 Å². The Bertz CT molecular complexity index is 773. The normalized spacial score (nSPS) is 15.5. The Kier molecular flexibility index (Phi) is 4.59. The second kappa shape index (κ2) is 6.80. The van der Waals surface area contributed by atoms with E-state index in [-0.39, 0.29) is 5.56 Å². The Morgan fingerprint density at radius 3 is 2.48 bits per heavy atom. The molecule has 7 nitrogen and oxygen atoms in total. The van der Waals surface area contributed by atoms with Crippen molar-refractivity contribution in [1.29, 1.82) is 0 Å². The van der Waals surface area contributed by atoms with E-state index in [0.717, 1.165) is 24.4 Å². The van der Waals surface area contributed by atoms with E-state index in [1.807, 2.05) is 12.1 Å². The molecule has 0 amide bonds. The third-order valence-corrected chi connectivity index (χ3v) is 3.91. The first-order valence-corrected chi connectivity index (χ1v) is 7.47. The zero-order valence-corrected chi connectivity index (χ0v) is 12.9. The lowest BCUT2D eigenvalue weighted by atomic mass is 10.1. The van der Waals surface area contributed by atoms with Crippen molar-refractivity contribution < 1.29 is 9.47 Å². The first-order chi connectivity index (χ1) is 11.2. The van der Waals surface area contributed by atoms with Gasteiger partial charge in [-0.3, -0.25) is 14.7 Å². The first-order valence-electron chi connectivity index (χ1n) is 7.47. The van der Waals surface area contributed by atoms with Gasteiger partial charge in [0.15, 0.2) is 0 Å². The predicted octanol–water partition coefficient (Wildman–Crippen LogP) is 0.571. The maximum atomic E-state index is 12.3. The summed E-state index contributed by atoms with van der Waals surface area (Å²) < 4.78 is 10.5. The van der Waals surface area contributed by atoms with E-state index in [9.17, 15) is 9.59 Å². The minimum Gasteiger partial charge on any atom is -0.497 e. The molecule has 0 atom stereocenters. The van der Waals surface area contributed by atoms with E-state index >= 15 is 0 Å². The standard InChI is InChI=1S/C16H19N3O4/c1-22-12-4-2-11(3-5-12)14-13(15(20)18-16(21)17-14)10-19-6-8-23-9-7-19/h2-5H,6-10H2,1H3,(H2,17,18,20,21). The van der Waals surface area contributed by atoms with E-state index in [1.165, 1.54) is 0 Å². The van der Waals surface area contributed by atoms with Crippen molar-refractivity contribution >= 4 is 0 Å². The van der Waals surface area contributed by atoms with Gasteiger partial charge in [0.05, 0.1) is 31.6 Å². The second-order valence-corrected chi connectivity index (χ2v) is 5.38. The molecule has 2 N–H and O–H groups in total. The van der Waals surface area contributed by atoms with Crippen molar-refractivity contribution in [3.05, 3.63) is 50.7 Å². The van der Waals surface area contributed by atoms with Crippen LogP contribution in [0.4, 0.5) is 0 Å². The van der Waals surface area contributed by atoms with E-state index < -0.39 is 5.69 Å². The fourth-order valence-corrected chi connectivity index (χ4v) is 2.65. The highest BCUT2D eigenvalue weighted by Crippen LogP contribution is 2.22. The highest BCUT2D eigenvalue weighted by molar-refractivity contribution is 5.63. The second-order valence-electron chi connectivity index (χ2n) is 5.38. The average Bonchev–Trinajstić information content (AvgIpc) is 2.58. The van der Waals surface area contributed by atoms with Gasteiger partial charge in [-0.05, 0) is 29.8 Å². The summed E-state index contributed by atoms with van der Waals surface area (Å²) in [6.07, 6.45) is 0. The summed E-state index contributed by atoms with van der Waals surface area (Å²) in [4.78, 5) is 31.2. The third kappa shape index (κ3) is 3.52. The van der Waals surface area contributed by atoms with Gasteiger partial charge < -0.3 is 14.5 Å².